The largest absolute Gasteiger partial charge is 0.464 e. The molecular formula is C21H27NO4S. The summed E-state index contributed by atoms with van der Waals surface area (Å²) in [4.78, 5) is 12.6. The molecule has 2 aromatic rings. The van der Waals surface area contributed by atoms with Gasteiger partial charge in [-0.15, -0.1) is 0 Å². The standard InChI is InChI=1S/C21H27NO4S/c1-7-26-21(23)18(6)22(20-16(4)12-15(3)13-17(20)5)27(24,25)19-10-8-14(2)9-11-19/h8-13,18H,7H2,1-6H3/t18-/m1/s1. The molecule has 0 aliphatic carbocycles. The van der Waals surface area contributed by atoms with Crippen molar-refractivity contribution >= 4 is 21.7 Å². The van der Waals surface area contributed by atoms with Crippen molar-refractivity contribution in [1.82, 2.24) is 0 Å². The van der Waals surface area contributed by atoms with Crippen molar-refractivity contribution < 1.29 is 17.9 Å². The molecule has 0 fully saturated rings. The quantitative estimate of drug-likeness (QED) is 0.699. The lowest BCUT2D eigenvalue weighted by molar-refractivity contribution is -0.144. The van der Waals surface area contributed by atoms with Gasteiger partial charge in [0, 0.05) is 0 Å². The molecule has 27 heavy (non-hydrogen) atoms. The van der Waals surface area contributed by atoms with E-state index in [1.165, 1.54) is 4.31 Å². The molecule has 2 rings (SSSR count). The first kappa shape index (κ1) is 21.0. The van der Waals surface area contributed by atoms with Crippen LogP contribution in [0.4, 0.5) is 5.69 Å². The Hall–Kier alpha value is -2.34. The summed E-state index contributed by atoms with van der Waals surface area (Å²) in [5.74, 6) is -0.576. The molecule has 0 saturated carbocycles. The molecule has 0 spiro atoms. The van der Waals surface area contributed by atoms with E-state index in [0.717, 1.165) is 22.3 Å². The zero-order valence-corrected chi connectivity index (χ0v) is 17.6. The van der Waals surface area contributed by atoms with E-state index in [4.69, 9.17) is 4.74 Å². The Morgan fingerprint density at radius 2 is 1.52 bits per heavy atom. The van der Waals surface area contributed by atoms with Gasteiger partial charge in [-0.2, -0.15) is 0 Å². The maximum absolute atomic E-state index is 13.5. The molecule has 0 heterocycles. The lowest BCUT2D eigenvalue weighted by Gasteiger charge is -2.32. The molecule has 0 amide bonds. The smallest absolute Gasteiger partial charge is 0.329 e. The van der Waals surface area contributed by atoms with Gasteiger partial charge in [-0.1, -0.05) is 35.4 Å². The van der Waals surface area contributed by atoms with Crippen molar-refractivity contribution in [2.75, 3.05) is 10.9 Å². The maximum Gasteiger partial charge on any atom is 0.329 e. The summed E-state index contributed by atoms with van der Waals surface area (Å²) in [5.41, 5.74) is 4.09. The minimum Gasteiger partial charge on any atom is -0.464 e. The van der Waals surface area contributed by atoms with E-state index < -0.39 is 22.0 Å². The molecule has 1 atom stereocenters. The van der Waals surface area contributed by atoms with Crippen LogP contribution in [0.5, 0.6) is 0 Å². The van der Waals surface area contributed by atoms with Gasteiger partial charge in [-0.05, 0) is 64.8 Å². The Kier molecular flexibility index (Phi) is 6.31. The maximum atomic E-state index is 13.5. The van der Waals surface area contributed by atoms with Gasteiger partial charge in [-0.3, -0.25) is 4.31 Å². The first-order valence-electron chi connectivity index (χ1n) is 8.95. The lowest BCUT2D eigenvalue weighted by Crippen LogP contribution is -2.45. The number of sulfonamides is 1. The molecule has 0 unspecified atom stereocenters. The summed E-state index contributed by atoms with van der Waals surface area (Å²) >= 11 is 0. The molecule has 2 aromatic carbocycles. The number of benzene rings is 2. The summed E-state index contributed by atoms with van der Waals surface area (Å²) in [6.45, 7) is 11.0. The van der Waals surface area contributed by atoms with Crippen LogP contribution in [-0.4, -0.2) is 27.0 Å². The third-order valence-electron chi connectivity index (χ3n) is 4.41. The van der Waals surface area contributed by atoms with Crippen LogP contribution in [0, 0.1) is 27.7 Å². The first-order chi connectivity index (χ1) is 12.6. The second-order valence-corrected chi connectivity index (χ2v) is 8.60. The number of aryl methyl sites for hydroxylation is 4. The van der Waals surface area contributed by atoms with E-state index in [1.807, 2.05) is 39.8 Å². The third kappa shape index (κ3) is 4.33. The van der Waals surface area contributed by atoms with Crippen molar-refractivity contribution in [3.8, 4) is 0 Å². The van der Waals surface area contributed by atoms with E-state index in [-0.39, 0.29) is 11.5 Å². The minimum atomic E-state index is -3.96. The molecule has 0 N–H and O–H groups in total. The molecule has 0 aliphatic heterocycles. The zero-order valence-electron chi connectivity index (χ0n) is 16.7. The van der Waals surface area contributed by atoms with E-state index >= 15 is 0 Å². The number of ether oxygens (including phenoxy) is 1. The Morgan fingerprint density at radius 3 is 2.00 bits per heavy atom. The minimum absolute atomic E-state index is 0.142. The van der Waals surface area contributed by atoms with Crippen LogP contribution < -0.4 is 4.31 Å². The summed E-state index contributed by atoms with van der Waals surface area (Å²) in [6, 6.07) is 9.46. The monoisotopic (exact) mass is 389 g/mol. The first-order valence-corrected chi connectivity index (χ1v) is 10.4. The number of carbonyl (C=O) groups excluding carboxylic acids is 1. The summed E-state index contributed by atoms with van der Waals surface area (Å²) < 4.78 is 33.3. The highest BCUT2D eigenvalue weighted by Gasteiger charge is 2.36. The van der Waals surface area contributed by atoms with E-state index in [1.54, 1.807) is 38.1 Å². The number of nitrogens with zero attached hydrogens (tertiary/aromatic N) is 1. The average molecular weight is 390 g/mol. The number of carbonyl (C=O) groups is 1. The van der Waals surface area contributed by atoms with E-state index in [0.29, 0.717) is 5.69 Å². The van der Waals surface area contributed by atoms with Gasteiger partial charge in [-0.25, -0.2) is 13.2 Å². The van der Waals surface area contributed by atoms with Crippen molar-refractivity contribution in [3.63, 3.8) is 0 Å². The van der Waals surface area contributed by atoms with Crippen LogP contribution in [0.1, 0.15) is 36.1 Å². The Bertz CT molecular complexity index is 910. The van der Waals surface area contributed by atoms with Gasteiger partial charge >= 0.3 is 5.97 Å². The molecular weight excluding hydrogens is 362 g/mol. The second kappa shape index (κ2) is 8.13. The van der Waals surface area contributed by atoms with Gasteiger partial charge in [0.05, 0.1) is 17.2 Å². The summed E-state index contributed by atoms with van der Waals surface area (Å²) in [7, 11) is -3.96. The topological polar surface area (TPSA) is 63.7 Å². The molecule has 0 saturated heterocycles. The molecule has 0 aliphatic rings. The number of rotatable bonds is 6. The Morgan fingerprint density at radius 1 is 1.00 bits per heavy atom. The van der Waals surface area contributed by atoms with E-state index in [9.17, 15) is 13.2 Å². The summed E-state index contributed by atoms with van der Waals surface area (Å²) in [5, 5.41) is 0. The molecule has 6 heteroatoms. The summed E-state index contributed by atoms with van der Waals surface area (Å²) in [6.07, 6.45) is 0. The Labute approximate surface area is 162 Å². The number of esters is 1. The van der Waals surface area contributed by atoms with Gasteiger partial charge in [0.1, 0.15) is 6.04 Å². The van der Waals surface area contributed by atoms with Crippen LogP contribution in [0.3, 0.4) is 0 Å². The Balaban J connectivity index is 2.71. The fourth-order valence-corrected chi connectivity index (χ4v) is 4.96. The van der Waals surface area contributed by atoms with Crippen LogP contribution in [0.2, 0.25) is 0 Å². The van der Waals surface area contributed by atoms with Crippen molar-refractivity contribution in [1.29, 1.82) is 0 Å². The molecule has 0 bridgehead atoms. The predicted octanol–water partition coefficient (Wildman–Crippen LogP) is 4.07. The normalized spacial score (nSPS) is 12.5. The fourth-order valence-electron chi connectivity index (χ4n) is 3.22. The van der Waals surface area contributed by atoms with Gasteiger partial charge in [0.15, 0.2) is 0 Å². The van der Waals surface area contributed by atoms with Crippen LogP contribution in [0.15, 0.2) is 41.3 Å². The van der Waals surface area contributed by atoms with Gasteiger partial charge < -0.3 is 4.74 Å². The highest BCUT2D eigenvalue weighted by Crippen LogP contribution is 2.33. The zero-order chi connectivity index (χ0) is 20.4. The predicted molar refractivity (Wildman–Crippen MR) is 108 cm³/mol. The van der Waals surface area contributed by atoms with Crippen molar-refractivity contribution in [2.24, 2.45) is 0 Å². The fraction of sp³-hybridized carbons (Fsp3) is 0.381. The molecule has 0 radical (unpaired) electrons. The number of hydrogen-bond donors (Lipinski definition) is 0. The number of hydrogen-bond acceptors (Lipinski definition) is 4. The van der Waals surface area contributed by atoms with Crippen LogP contribution >= 0.6 is 0 Å². The lowest BCUT2D eigenvalue weighted by atomic mass is 10.0. The average Bonchev–Trinajstić information content (AvgIpc) is 2.57. The SMILES string of the molecule is CCOC(=O)[C@@H](C)N(c1c(C)cc(C)cc1C)S(=O)(=O)c1ccc(C)cc1. The highest BCUT2D eigenvalue weighted by atomic mass is 32.2. The third-order valence-corrected chi connectivity index (χ3v) is 6.30. The van der Waals surface area contributed by atoms with E-state index in [2.05, 4.69) is 0 Å². The highest BCUT2D eigenvalue weighted by molar-refractivity contribution is 7.93. The van der Waals surface area contributed by atoms with Crippen molar-refractivity contribution in [3.05, 3.63) is 58.7 Å². The van der Waals surface area contributed by atoms with Gasteiger partial charge in [0.25, 0.3) is 10.0 Å². The van der Waals surface area contributed by atoms with Gasteiger partial charge in [0.2, 0.25) is 0 Å². The van der Waals surface area contributed by atoms with Crippen LogP contribution in [0.25, 0.3) is 0 Å². The number of anilines is 1. The van der Waals surface area contributed by atoms with Crippen molar-refractivity contribution in [2.45, 2.75) is 52.5 Å². The molecule has 0 aromatic heterocycles. The second-order valence-electron chi connectivity index (χ2n) is 6.79. The van der Waals surface area contributed by atoms with Crippen LogP contribution in [-0.2, 0) is 19.6 Å². The molecule has 5 nitrogen and oxygen atoms in total. The molecule has 146 valence electrons.